The normalized spacial score (nSPS) is 23.5. The van der Waals surface area contributed by atoms with Crippen LogP contribution in [0, 0.1) is 0 Å². The van der Waals surface area contributed by atoms with Crippen LogP contribution in [-0.4, -0.2) is 43.2 Å². The van der Waals surface area contributed by atoms with Gasteiger partial charge >= 0.3 is 5.97 Å². The molecule has 1 fully saturated rings. The van der Waals surface area contributed by atoms with Crippen LogP contribution < -0.4 is 5.32 Å². The Hall–Kier alpha value is -1.39. The molecule has 1 atom stereocenters. The average Bonchev–Trinajstić information content (AvgIpc) is 2.69. The van der Waals surface area contributed by atoms with Gasteiger partial charge in [0.25, 0.3) is 0 Å². The third-order valence-electron chi connectivity index (χ3n) is 4.20. The van der Waals surface area contributed by atoms with Crippen LogP contribution in [0.15, 0.2) is 30.3 Å². The Morgan fingerprint density at radius 1 is 1.29 bits per heavy atom. The van der Waals surface area contributed by atoms with E-state index in [0.717, 1.165) is 32.4 Å². The van der Waals surface area contributed by atoms with Gasteiger partial charge in [0.1, 0.15) is 5.54 Å². The predicted octanol–water partition coefficient (Wildman–Crippen LogP) is 2.19. The van der Waals surface area contributed by atoms with Gasteiger partial charge in [0, 0.05) is 13.1 Å². The second-order valence-corrected chi connectivity index (χ2v) is 5.80. The predicted molar refractivity (Wildman–Crippen MR) is 84.0 cm³/mol. The molecular formula is C17H26N2O2. The quantitative estimate of drug-likeness (QED) is 0.844. The van der Waals surface area contributed by atoms with E-state index in [1.807, 2.05) is 25.1 Å². The average molecular weight is 290 g/mol. The van der Waals surface area contributed by atoms with Crippen LogP contribution in [0.4, 0.5) is 0 Å². The molecule has 116 valence electrons. The molecule has 0 aliphatic carbocycles. The third-order valence-corrected chi connectivity index (χ3v) is 4.20. The molecule has 1 saturated heterocycles. The van der Waals surface area contributed by atoms with Crippen molar-refractivity contribution in [1.82, 2.24) is 10.2 Å². The van der Waals surface area contributed by atoms with Gasteiger partial charge in [0.15, 0.2) is 0 Å². The summed E-state index contributed by atoms with van der Waals surface area (Å²) >= 11 is 0. The maximum absolute atomic E-state index is 12.5. The molecule has 0 aromatic heterocycles. The van der Waals surface area contributed by atoms with E-state index in [-0.39, 0.29) is 5.97 Å². The molecule has 1 N–H and O–H groups in total. The fourth-order valence-electron chi connectivity index (χ4n) is 2.86. The Kier molecular flexibility index (Phi) is 5.76. The largest absolute Gasteiger partial charge is 0.465 e. The van der Waals surface area contributed by atoms with Gasteiger partial charge in [-0.1, -0.05) is 30.3 Å². The summed E-state index contributed by atoms with van der Waals surface area (Å²) in [6, 6.07) is 10.2. The number of nitrogens with zero attached hydrogens (tertiary/aromatic N) is 1. The fourth-order valence-corrected chi connectivity index (χ4v) is 2.86. The minimum atomic E-state index is -0.545. The van der Waals surface area contributed by atoms with Crippen molar-refractivity contribution in [2.45, 2.75) is 38.3 Å². The molecule has 0 spiro atoms. The molecule has 1 aliphatic rings. The van der Waals surface area contributed by atoms with Crippen molar-refractivity contribution in [3.63, 3.8) is 0 Å². The lowest BCUT2D eigenvalue weighted by atomic mass is 9.90. The highest BCUT2D eigenvalue weighted by Gasteiger charge is 2.40. The van der Waals surface area contributed by atoms with Crippen LogP contribution >= 0.6 is 0 Å². The zero-order valence-corrected chi connectivity index (χ0v) is 13.1. The molecule has 0 bridgehead atoms. The molecule has 1 aromatic rings. The molecule has 0 saturated carbocycles. The van der Waals surface area contributed by atoms with Gasteiger partial charge in [-0.3, -0.25) is 10.1 Å². The van der Waals surface area contributed by atoms with E-state index in [0.29, 0.717) is 13.2 Å². The molecule has 0 radical (unpaired) electrons. The Balaban J connectivity index is 2.09. The van der Waals surface area contributed by atoms with Crippen molar-refractivity contribution in [2.75, 3.05) is 26.7 Å². The van der Waals surface area contributed by atoms with Gasteiger partial charge in [-0.2, -0.15) is 0 Å². The van der Waals surface area contributed by atoms with Crippen molar-refractivity contribution in [1.29, 1.82) is 0 Å². The number of esters is 1. The molecular weight excluding hydrogens is 264 g/mol. The van der Waals surface area contributed by atoms with Crippen molar-refractivity contribution < 1.29 is 9.53 Å². The first-order valence-electron chi connectivity index (χ1n) is 7.81. The van der Waals surface area contributed by atoms with Crippen molar-refractivity contribution in [3.05, 3.63) is 35.9 Å². The summed E-state index contributed by atoms with van der Waals surface area (Å²) in [6.07, 6.45) is 2.65. The molecule has 1 heterocycles. The maximum atomic E-state index is 12.5. The summed E-state index contributed by atoms with van der Waals surface area (Å²) in [5, 5.41) is 3.50. The van der Waals surface area contributed by atoms with E-state index in [9.17, 15) is 4.79 Å². The molecule has 4 nitrogen and oxygen atoms in total. The number of hydrogen-bond acceptors (Lipinski definition) is 4. The van der Waals surface area contributed by atoms with Crippen molar-refractivity contribution in [2.24, 2.45) is 0 Å². The summed E-state index contributed by atoms with van der Waals surface area (Å²) in [7, 11) is 2.11. The van der Waals surface area contributed by atoms with Crippen LogP contribution in [0.2, 0.25) is 0 Å². The van der Waals surface area contributed by atoms with Gasteiger partial charge in [-0.25, -0.2) is 0 Å². The molecule has 2 rings (SSSR count). The number of ether oxygens (including phenoxy) is 1. The minimum Gasteiger partial charge on any atom is -0.465 e. The lowest BCUT2D eigenvalue weighted by Gasteiger charge is -2.31. The van der Waals surface area contributed by atoms with Gasteiger partial charge in [0.05, 0.1) is 6.61 Å². The second-order valence-electron chi connectivity index (χ2n) is 5.80. The van der Waals surface area contributed by atoms with Crippen LogP contribution in [0.25, 0.3) is 0 Å². The lowest BCUT2D eigenvalue weighted by molar-refractivity contribution is -0.152. The zero-order chi connectivity index (χ0) is 15.1. The van der Waals surface area contributed by atoms with E-state index in [2.05, 4.69) is 29.4 Å². The number of nitrogens with one attached hydrogen (secondary N) is 1. The molecule has 0 amide bonds. The second kappa shape index (κ2) is 7.57. The number of carbonyl (C=O) groups excluding carboxylic acids is 1. The van der Waals surface area contributed by atoms with Crippen LogP contribution in [-0.2, 0) is 16.1 Å². The van der Waals surface area contributed by atoms with Gasteiger partial charge < -0.3 is 9.64 Å². The van der Waals surface area contributed by atoms with Crippen LogP contribution in [0.3, 0.4) is 0 Å². The SMILES string of the molecule is CCOC(=O)C1(NCc2ccccc2)CCCN(C)CC1. The topological polar surface area (TPSA) is 41.6 Å². The number of rotatable bonds is 5. The third kappa shape index (κ3) is 4.29. The Morgan fingerprint density at radius 2 is 2.05 bits per heavy atom. The van der Waals surface area contributed by atoms with Gasteiger partial charge in [0.2, 0.25) is 0 Å². The molecule has 1 aromatic carbocycles. The number of benzene rings is 1. The van der Waals surface area contributed by atoms with Gasteiger partial charge in [-0.05, 0) is 45.3 Å². The van der Waals surface area contributed by atoms with E-state index < -0.39 is 5.54 Å². The van der Waals surface area contributed by atoms with E-state index in [1.54, 1.807) is 0 Å². The van der Waals surface area contributed by atoms with Crippen molar-refractivity contribution in [3.8, 4) is 0 Å². The summed E-state index contributed by atoms with van der Waals surface area (Å²) in [5.74, 6) is -0.101. The summed E-state index contributed by atoms with van der Waals surface area (Å²) in [4.78, 5) is 14.8. The van der Waals surface area contributed by atoms with E-state index in [4.69, 9.17) is 4.74 Å². The number of likely N-dealkylation sites (tertiary alicyclic amines) is 1. The molecule has 1 aliphatic heterocycles. The maximum Gasteiger partial charge on any atom is 0.326 e. The Labute approximate surface area is 127 Å². The Morgan fingerprint density at radius 3 is 2.76 bits per heavy atom. The molecule has 4 heteroatoms. The highest BCUT2D eigenvalue weighted by atomic mass is 16.5. The molecule has 21 heavy (non-hydrogen) atoms. The summed E-state index contributed by atoms with van der Waals surface area (Å²) in [5.41, 5.74) is 0.648. The molecule has 1 unspecified atom stereocenters. The van der Waals surface area contributed by atoms with Crippen LogP contribution in [0.5, 0.6) is 0 Å². The first-order valence-corrected chi connectivity index (χ1v) is 7.81. The van der Waals surface area contributed by atoms with E-state index >= 15 is 0 Å². The Bertz CT molecular complexity index is 449. The minimum absolute atomic E-state index is 0.101. The lowest BCUT2D eigenvalue weighted by Crippen LogP contribution is -2.53. The smallest absolute Gasteiger partial charge is 0.326 e. The number of carbonyl (C=O) groups is 1. The highest BCUT2D eigenvalue weighted by Crippen LogP contribution is 2.24. The monoisotopic (exact) mass is 290 g/mol. The van der Waals surface area contributed by atoms with E-state index in [1.165, 1.54) is 5.56 Å². The zero-order valence-electron chi connectivity index (χ0n) is 13.1. The van der Waals surface area contributed by atoms with Gasteiger partial charge in [-0.15, -0.1) is 0 Å². The first-order chi connectivity index (χ1) is 10.2. The number of hydrogen-bond donors (Lipinski definition) is 1. The summed E-state index contributed by atoms with van der Waals surface area (Å²) < 4.78 is 5.34. The highest BCUT2D eigenvalue weighted by molar-refractivity contribution is 5.81. The standard InChI is InChI=1S/C17H26N2O2/c1-3-21-16(20)17(10-7-12-19(2)13-11-17)18-14-15-8-5-4-6-9-15/h4-6,8-9,18H,3,7,10-14H2,1-2H3. The fraction of sp³-hybridized carbons (Fsp3) is 0.588. The van der Waals surface area contributed by atoms with Crippen molar-refractivity contribution >= 4 is 5.97 Å². The van der Waals surface area contributed by atoms with Crippen LogP contribution in [0.1, 0.15) is 31.7 Å². The summed E-state index contributed by atoms with van der Waals surface area (Å²) in [6.45, 7) is 4.95. The first kappa shape index (κ1) is 16.0.